The van der Waals surface area contributed by atoms with Gasteiger partial charge in [0.15, 0.2) is 5.69 Å². The molecule has 1 saturated carbocycles. The van der Waals surface area contributed by atoms with Gasteiger partial charge >= 0.3 is 5.97 Å². The number of carbonyl (C=O) groups is 2. The molecule has 7 nitrogen and oxygen atoms in total. The van der Waals surface area contributed by atoms with Crippen molar-refractivity contribution in [2.24, 2.45) is 0 Å². The second kappa shape index (κ2) is 5.77. The van der Waals surface area contributed by atoms with E-state index >= 15 is 0 Å². The highest BCUT2D eigenvalue weighted by molar-refractivity contribution is 5.93. The minimum Gasteiger partial charge on any atom is -0.464 e. The van der Waals surface area contributed by atoms with Crippen molar-refractivity contribution < 1.29 is 14.3 Å². The molecule has 1 aromatic heterocycles. The van der Waals surface area contributed by atoms with Gasteiger partial charge in [0, 0.05) is 32.2 Å². The maximum Gasteiger partial charge on any atom is 0.358 e. The first-order valence-electron chi connectivity index (χ1n) is 7.12. The minimum atomic E-state index is -0.556. The monoisotopic (exact) mass is 290 g/mol. The Bertz CT molecular complexity index is 534. The second-order valence-electron chi connectivity index (χ2n) is 5.34. The largest absolute Gasteiger partial charge is 0.464 e. The van der Waals surface area contributed by atoms with E-state index < -0.39 is 5.97 Å². The number of aromatic nitrogens is 2. The van der Waals surface area contributed by atoms with Gasteiger partial charge in [0.1, 0.15) is 5.69 Å². The summed E-state index contributed by atoms with van der Waals surface area (Å²) in [6.45, 7) is 3.28. The lowest BCUT2D eigenvalue weighted by atomic mass is 10.2. The topological polar surface area (TPSA) is 75.6 Å². The molecule has 1 aliphatic heterocycles. The van der Waals surface area contributed by atoms with Crippen LogP contribution in [-0.2, 0) is 4.74 Å². The Morgan fingerprint density at radius 1 is 1.10 bits per heavy atom. The van der Waals surface area contributed by atoms with Crippen molar-refractivity contribution in [1.29, 1.82) is 0 Å². The van der Waals surface area contributed by atoms with Crippen LogP contribution in [0.15, 0.2) is 12.4 Å². The highest BCUT2D eigenvalue weighted by Gasteiger charge is 2.32. The van der Waals surface area contributed by atoms with Gasteiger partial charge in [-0.1, -0.05) is 0 Å². The summed E-state index contributed by atoms with van der Waals surface area (Å²) in [7, 11) is 1.28. The molecule has 21 heavy (non-hydrogen) atoms. The number of methoxy groups -OCH3 is 1. The summed E-state index contributed by atoms with van der Waals surface area (Å²) in [5, 5.41) is 0. The molecule has 0 N–H and O–H groups in total. The number of esters is 1. The Morgan fingerprint density at radius 3 is 2.24 bits per heavy atom. The van der Waals surface area contributed by atoms with E-state index in [1.807, 2.05) is 0 Å². The van der Waals surface area contributed by atoms with Crippen molar-refractivity contribution in [2.75, 3.05) is 33.3 Å². The Hall–Kier alpha value is -2.02. The zero-order valence-corrected chi connectivity index (χ0v) is 12.0. The number of rotatable bonds is 3. The second-order valence-corrected chi connectivity index (χ2v) is 5.34. The van der Waals surface area contributed by atoms with Gasteiger partial charge in [0.2, 0.25) is 0 Å². The third-order valence-electron chi connectivity index (χ3n) is 3.93. The standard InChI is InChI=1S/C14H18N4O3/c1-21-14(20)12-9-15-11(8-16-12)13(19)18-6-4-17(5-7-18)10-2-3-10/h8-10H,2-7H2,1H3. The van der Waals surface area contributed by atoms with Crippen molar-refractivity contribution in [3.05, 3.63) is 23.8 Å². The minimum absolute atomic E-state index is 0.104. The van der Waals surface area contributed by atoms with Gasteiger partial charge in [0.05, 0.1) is 19.5 Å². The molecule has 112 valence electrons. The van der Waals surface area contributed by atoms with E-state index in [0.29, 0.717) is 0 Å². The van der Waals surface area contributed by atoms with Crippen LogP contribution >= 0.6 is 0 Å². The molecule has 7 heteroatoms. The van der Waals surface area contributed by atoms with Gasteiger partial charge in [-0.25, -0.2) is 14.8 Å². The molecule has 0 spiro atoms. The van der Waals surface area contributed by atoms with Crippen LogP contribution in [0.5, 0.6) is 0 Å². The molecule has 2 fully saturated rings. The molecule has 1 aliphatic carbocycles. The fourth-order valence-corrected chi connectivity index (χ4v) is 2.54. The lowest BCUT2D eigenvalue weighted by molar-refractivity contribution is 0.0586. The summed E-state index contributed by atoms with van der Waals surface area (Å²) in [6.07, 6.45) is 5.18. The number of amides is 1. The van der Waals surface area contributed by atoms with E-state index in [-0.39, 0.29) is 17.3 Å². The lowest BCUT2D eigenvalue weighted by Gasteiger charge is -2.34. The molecule has 0 aromatic carbocycles. The van der Waals surface area contributed by atoms with E-state index in [9.17, 15) is 9.59 Å². The highest BCUT2D eigenvalue weighted by Crippen LogP contribution is 2.27. The molecule has 3 rings (SSSR count). The predicted octanol–water partition coefficient (Wildman–Crippen LogP) is 0.183. The average molecular weight is 290 g/mol. The molecule has 2 heterocycles. The van der Waals surface area contributed by atoms with Crippen molar-refractivity contribution >= 4 is 11.9 Å². The Labute approximate surface area is 122 Å². The normalized spacial score (nSPS) is 19.4. The third-order valence-corrected chi connectivity index (χ3v) is 3.93. The van der Waals surface area contributed by atoms with Gasteiger partial charge in [-0.2, -0.15) is 0 Å². The summed E-state index contributed by atoms with van der Waals surface area (Å²) in [4.78, 5) is 35.8. The third kappa shape index (κ3) is 3.02. The molecule has 0 radical (unpaired) electrons. The summed E-state index contributed by atoms with van der Waals surface area (Å²) in [6, 6.07) is 0.737. The van der Waals surface area contributed by atoms with Crippen LogP contribution in [0.1, 0.15) is 33.8 Å². The maximum absolute atomic E-state index is 12.3. The Morgan fingerprint density at radius 2 is 1.71 bits per heavy atom. The number of carbonyl (C=O) groups excluding carboxylic acids is 2. The van der Waals surface area contributed by atoms with E-state index in [1.165, 1.54) is 32.3 Å². The van der Waals surface area contributed by atoms with Crippen LogP contribution in [0.25, 0.3) is 0 Å². The fraction of sp³-hybridized carbons (Fsp3) is 0.571. The van der Waals surface area contributed by atoms with Crippen LogP contribution in [0.4, 0.5) is 0 Å². The number of nitrogens with zero attached hydrogens (tertiary/aromatic N) is 4. The first kappa shape index (κ1) is 13.9. The highest BCUT2D eigenvalue weighted by atomic mass is 16.5. The van der Waals surface area contributed by atoms with Crippen LogP contribution < -0.4 is 0 Å². The first-order chi connectivity index (χ1) is 10.2. The van der Waals surface area contributed by atoms with Crippen LogP contribution in [0.2, 0.25) is 0 Å². The molecule has 0 bridgehead atoms. The number of piperazine rings is 1. The number of hydrogen-bond acceptors (Lipinski definition) is 6. The van der Waals surface area contributed by atoms with Crippen molar-refractivity contribution in [3.63, 3.8) is 0 Å². The van der Waals surface area contributed by atoms with Crippen molar-refractivity contribution in [1.82, 2.24) is 19.8 Å². The SMILES string of the molecule is COC(=O)c1cnc(C(=O)N2CCN(C3CC3)CC2)cn1. The van der Waals surface area contributed by atoms with Gasteiger partial charge in [-0.05, 0) is 12.8 Å². The number of hydrogen-bond donors (Lipinski definition) is 0. The average Bonchev–Trinajstić information content (AvgIpc) is 3.39. The van der Waals surface area contributed by atoms with Crippen molar-refractivity contribution in [2.45, 2.75) is 18.9 Å². The van der Waals surface area contributed by atoms with E-state index in [4.69, 9.17) is 0 Å². The van der Waals surface area contributed by atoms with E-state index in [0.717, 1.165) is 32.2 Å². The molecule has 0 unspecified atom stereocenters. The molecule has 1 aromatic rings. The zero-order valence-electron chi connectivity index (χ0n) is 12.0. The van der Waals surface area contributed by atoms with Crippen molar-refractivity contribution in [3.8, 4) is 0 Å². The zero-order chi connectivity index (χ0) is 14.8. The molecular weight excluding hydrogens is 272 g/mol. The molecule has 1 amide bonds. The smallest absolute Gasteiger partial charge is 0.358 e. The quantitative estimate of drug-likeness (QED) is 0.739. The maximum atomic E-state index is 12.3. The van der Waals surface area contributed by atoms with Gasteiger partial charge in [-0.15, -0.1) is 0 Å². The lowest BCUT2D eigenvalue weighted by Crippen LogP contribution is -2.49. The first-order valence-corrected chi connectivity index (χ1v) is 7.12. The fourth-order valence-electron chi connectivity index (χ4n) is 2.54. The van der Waals surface area contributed by atoms with Gasteiger partial charge in [0.25, 0.3) is 5.91 Å². The number of ether oxygens (including phenoxy) is 1. The van der Waals surface area contributed by atoms with E-state index in [1.54, 1.807) is 4.90 Å². The van der Waals surface area contributed by atoms with Gasteiger partial charge in [-0.3, -0.25) is 9.69 Å². The van der Waals surface area contributed by atoms with Crippen LogP contribution in [0, 0.1) is 0 Å². The summed E-state index contributed by atoms with van der Waals surface area (Å²) < 4.78 is 4.55. The molecule has 1 saturated heterocycles. The Balaban J connectivity index is 1.61. The van der Waals surface area contributed by atoms with Crippen LogP contribution in [-0.4, -0.2) is 71.0 Å². The van der Waals surface area contributed by atoms with Crippen LogP contribution in [0.3, 0.4) is 0 Å². The summed E-state index contributed by atoms with van der Waals surface area (Å²) in [5.74, 6) is -0.686. The molecule has 0 atom stereocenters. The predicted molar refractivity (Wildman–Crippen MR) is 73.9 cm³/mol. The molecular formula is C14H18N4O3. The molecule has 2 aliphatic rings. The Kier molecular flexibility index (Phi) is 3.83. The van der Waals surface area contributed by atoms with Gasteiger partial charge < -0.3 is 9.64 Å². The van der Waals surface area contributed by atoms with E-state index in [2.05, 4.69) is 19.6 Å². The summed E-state index contributed by atoms with van der Waals surface area (Å²) in [5.41, 5.74) is 0.370. The summed E-state index contributed by atoms with van der Waals surface area (Å²) >= 11 is 0.